The Morgan fingerprint density at radius 1 is 1.11 bits per heavy atom. The van der Waals surface area contributed by atoms with Crippen LogP contribution < -0.4 is 0 Å². The maximum atomic E-state index is 12.7. The molecular weight excluding hydrogens is 236 g/mol. The molecule has 3 heteroatoms. The van der Waals surface area contributed by atoms with E-state index in [0.717, 1.165) is 31.5 Å². The van der Waals surface area contributed by atoms with Gasteiger partial charge < -0.3 is 9.80 Å². The number of rotatable bonds is 5. The number of hydrogen-bond acceptors (Lipinski definition) is 2. The third kappa shape index (κ3) is 3.80. The van der Waals surface area contributed by atoms with Crippen LogP contribution >= 0.6 is 0 Å². The van der Waals surface area contributed by atoms with Gasteiger partial charge in [-0.05, 0) is 39.1 Å². The largest absolute Gasteiger partial charge is 0.334 e. The van der Waals surface area contributed by atoms with E-state index in [1.807, 2.05) is 30.3 Å². The van der Waals surface area contributed by atoms with Crippen molar-refractivity contribution in [1.82, 2.24) is 9.80 Å². The Kier molecular flexibility index (Phi) is 4.97. The van der Waals surface area contributed by atoms with Gasteiger partial charge in [-0.1, -0.05) is 31.0 Å². The van der Waals surface area contributed by atoms with Gasteiger partial charge in [0.25, 0.3) is 5.91 Å². The standard InChI is InChI=1S/C16H24N2O/c1-17(2)12-13-18(15-10-6-7-11-15)16(19)14-8-4-3-5-9-14/h3-5,8-9,15H,6-7,10-13H2,1-2H3. The van der Waals surface area contributed by atoms with Gasteiger partial charge in [-0.2, -0.15) is 0 Å². The van der Waals surface area contributed by atoms with E-state index in [0.29, 0.717) is 6.04 Å². The lowest BCUT2D eigenvalue weighted by Crippen LogP contribution is -2.42. The van der Waals surface area contributed by atoms with Crippen molar-refractivity contribution >= 4 is 5.91 Å². The molecule has 1 aliphatic carbocycles. The third-order valence-corrected chi connectivity index (χ3v) is 3.84. The SMILES string of the molecule is CN(C)CCN(C(=O)c1ccccc1)C1CCCC1. The van der Waals surface area contributed by atoms with E-state index in [1.165, 1.54) is 12.8 Å². The van der Waals surface area contributed by atoms with E-state index >= 15 is 0 Å². The molecule has 0 radical (unpaired) electrons. The molecule has 0 N–H and O–H groups in total. The predicted octanol–water partition coefficient (Wildman–Crippen LogP) is 2.63. The number of carbonyl (C=O) groups is 1. The molecule has 0 bridgehead atoms. The van der Waals surface area contributed by atoms with Gasteiger partial charge in [-0.25, -0.2) is 0 Å². The molecule has 104 valence electrons. The van der Waals surface area contributed by atoms with Crippen molar-refractivity contribution in [2.75, 3.05) is 27.2 Å². The number of benzene rings is 1. The van der Waals surface area contributed by atoms with Gasteiger partial charge in [0.15, 0.2) is 0 Å². The summed E-state index contributed by atoms with van der Waals surface area (Å²) in [7, 11) is 4.11. The molecule has 2 rings (SSSR count). The summed E-state index contributed by atoms with van der Waals surface area (Å²) in [4.78, 5) is 16.9. The van der Waals surface area contributed by atoms with Crippen LogP contribution in [0.3, 0.4) is 0 Å². The predicted molar refractivity (Wildman–Crippen MR) is 78.3 cm³/mol. The maximum Gasteiger partial charge on any atom is 0.254 e. The van der Waals surface area contributed by atoms with Crippen molar-refractivity contribution in [3.63, 3.8) is 0 Å². The van der Waals surface area contributed by atoms with Gasteiger partial charge >= 0.3 is 0 Å². The second kappa shape index (κ2) is 6.71. The summed E-state index contributed by atoms with van der Waals surface area (Å²) < 4.78 is 0. The highest BCUT2D eigenvalue weighted by Crippen LogP contribution is 2.24. The number of hydrogen-bond donors (Lipinski definition) is 0. The fraction of sp³-hybridized carbons (Fsp3) is 0.562. The van der Waals surface area contributed by atoms with Crippen LogP contribution in [0.25, 0.3) is 0 Å². The minimum atomic E-state index is 0.189. The van der Waals surface area contributed by atoms with Gasteiger partial charge in [-0.15, -0.1) is 0 Å². The van der Waals surface area contributed by atoms with Crippen molar-refractivity contribution < 1.29 is 4.79 Å². The zero-order valence-electron chi connectivity index (χ0n) is 12.0. The molecule has 1 fully saturated rings. The van der Waals surface area contributed by atoms with Crippen LogP contribution in [0.15, 0.2) is 30.3 Å². The summed E-state index contributed by atoms with van der Waals surface area (Å²) in [5.41, 5.74) is 0.813. The zero-order valence-corrected chi connectivity index (χ0v) is 12.0. The Morgan fingerprint density at radius 2 is 1.74 bits per heavy atom. The highest BCUT2D eigenvalue weighted by Gasteiger charge is 2.27. The van der Waals surface area contributed by atoms with E-state index in [9.17, 15) is 4.79 Å². The van der Waals surface area contributed by atoms with E-state index in [1.54, 1.807) is 0 Å². The molecule has 1 aromatic rings. The summed E-state index contributed by atoms with van der Waals surface area (Å²) in [5.74, 6) is 0.189. The van der Waals surface area contributed by atoms with Crippen molar-refractivity contribution in [3.8, 4) is 0 Å². The van der Waals surface area contributed by atoms with Crippen LogP contribution in [0.2, 0.25) is 0 Å². The van der Waals surface area contributed by atoms with Gasteiger partial charge in [0.1, 0.15) is 0 Å². The molecule has 1 amide bonds. The Bertz CT molecular complexity index is 396. The quantitative estimate of drug-likeness (QED) is 0.812. The number of carbonyl (C=O) groups excluding carboxylic acids is 1. The number of amides is 1. The van der Waals surface area contributed by atoms with E-state index in [-0.39, 0.29) is 5.91 Å². The van der Waals surface area contributed by atoms with Gasteiger partial charge in [0.2, 0.25) is 0 Å². The first-order valence-electron chi connectivity index (χ1n) is 7.19. The van der Waals surface area contributed by atoms with Crippen molar-refractivity contribution in [2.24, 2.45) is 0 Å². The molecular formula is C16H24N2O. The maximum absolute atomic E-state index is 12.7. The summed E-state index contributed by atoms with van der Waals surface area (Å²) in [6.45, 7) is 1.75. The van der Waals surface area contributed by atoms with Crippen molar-refractivity contribution in [1.29, 1.82) is 0 Å². The van der Waals surface area contributed by atoms with Crippen LogP contribution in [0.4, 0.5) is 0 Å². The van der Waals surface area contributed by atoms with Gasteiger partial charge in [0, 0.05) is 24.7 Å². The average Bonchev–Trinajstić information content (AvgIpc) is 2.93. The Labute approximate surface area is 116 Å². The zero-order chi connectivity index (χ0) is 13.7. The summed E-state index contributed by atoms with van der Waals surface area (Å²) in [6.07, 6.45) is 4.83. The Morgan fingerprint density at radius 3 is 2.32 bits per heavy atom. The molecule has 1 saturated carbocycles. The molecule has 19 heavy (non-hydrogen) atoms. The van der Waals surface area contributed by atoms with Gasteiger partial charge in [0.05, 0.1) is 0 Å². The van der Waals surface area contributed by atoms with Crippen LogP contribution in [-0.4, -0.2) is 48.9 Å². The van der Waals surface area contributed by atoms with Crippen LogP contribution in [0.5, 0.6) is 0 Å². The van der Waals surface area contributed by atoms with Crippen LogP contribution in [0.1, 0.15) is 36.0 Å². The van der Waals surface area contributed by atoms with E-state index in [2.05, 4.69) is 23.9 Å². The lowest BCUT2D eigenvalue weighted by molar-refractivity contribution is 0.0667. The topological polar surface area (TPSA) is 23.6 Å². The van der Waals surface area contributed by atoms with E-state index < -0.39 is 0 Å². The molecule has 0 heterocycles. The van der Waals surface area contributed by atoms with E-state index in [4.69, 9.17) is 0 Å². The van der Waals surface area contributed by atoms with Crippen LogP contribution in [-0.2, 0) is 0 Å². The first-order valence-corrected chi connectivity index (χ1v) is 7.19. The lowest BCUT2D eigenvalue weighted by atomic mass is 10.1. The summed E-state index contributed by atoms with van der Waals surface area (Å²) in [6, 6.07) is 10.1. The lowest BCUT2D eigenvalue weighted by Gasteiger charge is -2.30. The third-order valence-electron chi connectivity index (χ3n) is 3.84. The molecule has 0 aromatic heterocycles. The van der Waals surface area contributed by atoms with Crippen molar-refractivity contribution in [3.05, 3.63) is 35.9 Å². The minimum Gasteiger partial charge on any atom is -0.334 e. The smallest absolute Gasteiger partial charge is 0.254 e. The Balaban J connectivity index is 2.09. The normalized spacial score (nSPS) is 15.9. The highest BCUT2D eigenvalue weighted by molar-refractivity contribution is 5.94. The molecule has 0 atom stereocenters. The van der Waals surface area contributed by atoms with Crippen molar-refractivity contribution in [2.45, 2.75) is 31.7 Å². The second-order valence-corrected chi connectivity index (χ2v) is 5.61. The monoisotopic (exact) mass is 260 g/mol. The highest BCUT2D eigenvalue weighted by atomic mass is 16.2. The number of likely N-dealkylation sites (N-methyl/N-ethyl adjacent to an activating group) is 1. The molecule has 0 saturated heterocycles. The average molecular weight is 260 g/mol. The molecule has 1 aliphatic rings. The van der Waals surface area contributed by atoms with Crippen LogP contribution in [0, 0.1) is 0 Å². The molecule has 0 unspecified atom stereocenters. The Hall–Kier alpha value is -1.35. The summed E-state index contributed by atoms with van der Waals surface area (Å²) >= 11 is 0. The molecule has 0 aliphatic heterocycles. The fourth-order valence-electron chi connectivity index (χ4n) is 2.72. The first-order chi connectivity index (χ1) is 9.18. The summed E-state index contributed by atoms with van der Waals surface area (Å²) in [5, 5.41) is 0. The molecule has 3 nitrogen and oxygen atoms in total. The van der Waals surface area contributed by atoms with Gasteiger partial charge in [-0.3, -0.25) is 4.79 Å². The molecule has 0 spiro atoms. The fourth-order valence-corrected chi connectivity index (χ4v) is 2.72. The minimum absolute atomic E-state index is 0.189. The second-order valence-electron chi connectivity index (χ2n) is 5.61. The first kappa shape index (κ1) is 14.1. The molecule has 1 aromatic carbocycles. The number of nitrogens with zero attached hydrogens (tertiary/aromatic N) is 2.